The van der Waals surface area contributed by atoms with Crippen molar-refractivity contribution in [3.63, 3.8) is 0 Å². The predicted octanol–water partition coefficient (Wildman–Crippen LogP) is 5.65. The zero-order valence-electron chi connectivity index (χ0n) is 18.0. The molecule has 3 aromatic rings. The topological polar surface area (TPSA) is 34.6 Å². The molecule has 4 heteroatoms. The molecule has 0 fully saturated rings. The van der Waals surface area contributed by atoms with Gasteiger partial charge in [-0.3, -0.25) is 4.98 Å². The minimum absolute atomic E-state index is 0.710. The first-order chi connectivity index (χ1) is 14.7. The predicted molar refractivity (Wildman–Crippen MR) is 125 cm³/mol. The molecular weight excluding hydrogens is 372 g/mol. The highest BCUT2D eigenvalue weighted by Crippen LogP contribution is 2.22. The van der Waals surface area contributed by atoms with Gasteiger partial charge in [0.25, 0.3) is 0 Å². The van der Waals surface area contributed by atoms with E-state index in [9.17, 15) is 0 Å². The van der Waals surface area contributed by atoms with E-state index in [0.717, 1.165) is 53.5 Å². The van der Waals surface area contributed by atoms with Crippen LogP contribution in [0.5, 0.6) is 11.5 Å². The Hall–Kier alpha value is -3.11. The Kier molecular flexibility index (Phi) is 8.04. The molecule has 0 saturated heterocycles. The van der Waals surface area contributed by atoms with E-state index in [-0.39, 0.29) is 0 Å². The van der Waals surface area contributed by atoms with E-state index < -0.39 is 0 Å². The third kappa shape index (κ3) is 6.19. The average molecular weight is 403 g/mol. The van der Waals surface area contributed by atoms with Crippen LogP contribution in [0, 0.1) is 0 Å². The first kappa shape index (κ1) is 21.6. The van der Waals surface area contributed by atoms with E-state index in [1.807, 2.05) is 54.7 Å². The van der Waals surface area contributed by atoms with Crippen molar-refractivity contribution in [2.24, 2.45) is 0 Å². The summed E-state index contributed by atoms with van der Waals surface area (Å²) in [5.74, 6) is 1.76. The summed E-state index contributed by atoms with van der Waals surface area (Å²) in [6.45, 7) is 8.11. The second-order valence-electron chi connectivity index (χ2n) is 6.98. The van der Waals surface area contributed by atoms with Gasteiger partial charge in [0.2, 0.25) is 0 Å². The standard InChI is InChI=1S/C26H30N2O2/c1-4-28(5-2)18-19-30-26-14-7-21(8-15-26)6-12-24-13-9-23(20-27-24)22-10-16-25(29-3)17-11-22/h6-17,20H,4-5,18-19H2,1-3H3/b12-6+. The third-order valence-corrected chi connectivity index (χ3v) is 5.11. The fraction of sp³-hybridized carbons (Fsp3) is 0.269. The third-order valence-electron chi connectivity index (χ3n) is 5.11. The van der Waals surface area contributed by atoms with Crippen LogP contribution in [0.25, 0.3) is 23.3 Å². The molecule has 2 aromatic carbocycles. The van der Waals surface area contributed by atoms with Crippen LogP contribution in [0.15, 0.2) is 66.9 Å². The van der Waals surface area contributed by atoms with Gasteiger partial charge in [-0.2, -0.15) is 0 Å². The maximum atomic E-state index is 5.84. The van der Waals surface area contributed by atoms with Gasteiger partial charge >= 0.3 is 0 Å². The van der Waals surface area contributed by atoms with Gasteiger partial charge in [-0.15, -0.1) is 0 Å². The fourth-order valence-electron chi connectivity index (χ4n) is 3.15. The van der Waals surface area contributed by atoms with Crippen LogP contribution in [0.4, 0.5) is 0 Å². The van der Waals surface area contributed by atoms with Gasteiger partial charge in [0, 0.05) is 18.3 Å². The normalized spacial score (nSPS) is 11.2. The second kappa shape index (κ2) is 11.2. The molecule has 1 aromatic heterocycles. The highest BCUT2D eigenvalue weighted by atomic mass is 16.5. The van der Waals surface area contributed by atoms with Crippen molar-refractivity contribution < 1.29 is 9.47 Å². The molecule has 0 aliphatic rings. The number of rotatable bonds is 10. The summed E-state index contributed by atoms with van der Waals surface area (Å²) in [5, 5.41) is 0. The SMILES string of the molecule is CCN(CC)CCOc1ccc(/C=C/c2ccc(-c3ccc(OC)cc3)cn2)cc1. The molecular formula is C26H30N2O2. The van der Waals surface area contributed by atoms with Crippen molar-refractivity contribution >= 4 is 12.2 Å². The Morgan fingerprint density at radius 3 is 2.07 bits per heavy atom. The molecule has 0 aliphatic heterocycles. The van der Waals surface area contributed by atoms with Crippen LogP contribution in [0.3, 0.4) is 0 Å². The summed E-state index contributed by atoms with van der Waals surface area (Å²) in [4.78, 5) is 6.91. The molecule has 0 N–H and O–H groups in total. The first-order valence-electron chi connectivity index (χ1n) is 10.5. The molecule has 30 heavy (non-hydrogen) atoms. The van der Waals surface area contributed by atoms with Gasteiger partial charge in [0.1, 0.15) is 18.1 Å². The molecule has 0 radical (unpaired) electrons. The number of aromatic nitrogens is 1. The Bertz CT molecular complexity index is 913. The van der Waals surface area contributed by atoms with Crippen molar-refractivity contribution in [1.82, 2.24) is 9.88 Å². The zero-order chi connectivity index (χ0) is 21.2. The zero-order valence-corrected chi connectivity index (χ0v) is 18.0. The lowest BCUT2D eigenvalue weighted by molar-refractivity contribution is 0.223. The molecule has 0 aliphatic carbocycles. The van der Waals surface area contributed by atoms with E-state index in [1.54, 1.807) is 7.11 Å². The Morgan fingerprint density at radius 1 is 0.800 bits per heavy atom. The maximum absolute atomic E-state index is 5.84. The summed E-state index contributed by atoms with van der Waals surface area (Å²) >= 11 is 0. The van der Waals surface area contributed by atoms with Crippen molar-refractivity contribution in [2.75, 3.05) is 33.4 Å². The molecule has 1 heterocycles. The van der Waals surface area contributed by atoms with E-state index in [2.05, 4.69) is 48.0 Å². The van der Waals surface area contributed by atoms with Gasteiger partial charge in [-0.1, -0.05) is 50.3 Å². The summed E-state index contributed by atoms with van der Waals surface area (Å²) in [6.07, 6.45) is 5.98. The first-order valence-corrected chi connectivity index (χ1v) is 10.5. The maximum Gasteiger partial charge on any atom is 0.119 e. The molecule has 4 nitrogen and oxygen atoms in total. The monoisotopic (exact) mass is 402 g/mol. The summed E-state index contributed by atoms with van der Waals surface area (Å²) in [6, 6.07) is 20.3. The Morgan fingerprint density at radius 2 is 1.47 bits per heavy atom. The summed E-state index contributed by atoms with van der Waals surface area (Å²) in [5.41, 5.74) is 4.25. The lowest BCUT2D eigenvalue weighted by atomic mass is 10.1. The number of likely N-dealkylation sites (N-methyl/N-ethyl adjacent to an activating group) is 1. The highest BCUT2D eigenvalue weighted by Gasteiger charge is 2.01. The van der Waals surface area contributed by atoms with E-state index in [4.69, 9.17) is 9.47 Å². The summed E-state index contributed by atoms with van der Waals surface area (Å²) < 4.78 is 11.1. The molecule has 0 atom stereocenters. The number of methoxy groups -OCH3 is 1. The molecule has 0 amide bonds. The second-order valence-corrected chi connectivity index (χ2v) is 6.98. The van der Waals surface area contributed by atoms with Gasteiger partial charge < -0.3 is 14.4 Å². The van der Waals surface area contributed by atoms with E-state index >= 15 is 0 Å². The summed E-state index contributed by atoms with van der Waals surface area (Å²) in [7, 11) is 1.67. The molecule has 0 spiro atoms. The highest BCUT2D eigenvalue weighted by molar-refractivity contribution is 5.70. The molecule has 0 saturated carbocycles. The van der Waals surface area contributed by atoms with E-state index in [0.29, 0.717) is 6.61 Å². The van der Waals surface area contributed by atoms with Gasteiger partial charge in [-0.05, 0) is 60.6 Å². The number of ether oxygens (including phenoxy) is 2. The van der Waals surface area contributed by atoms with Crippen LogP contribution in [0.2, 0.25) is 0 Å². The number of hydrogen-bond acceptors (Lipinski definition) is 4. The minimum Gasteiger partial charge on any atom is -0.497 e. The molecule has 0 unspecified atom stereocenters. The average Bonchev–Trinajstić information content (AvgIpc) is 2.82. The molecule has 0 bridgehead atoms. The molecule has 3 rings (SSSR count). The van der Waals surface area contributed by atoms with Crippen LogP contribution in [-0.4, -0.2) is 43.2 Å². The van der Waals surface area contributed by atoms with Crippen LogP contribution in [-0.2, 0) is 0 Å². The number of pyridine rings is 1. The molecule has 156 valence electrons. The largest absolute Gasteiger partial charge is 0.497 e. The lowest BCUT2D eigenvalue weighted by Crippen LogP contribution is -2.27. The smallest absolute Gasteiger partial charge is 0.119 e. The Labute approximate surface area is 179 Å². The lowest BCUT2D eigenvalue weighted by Gasteiger charge is -2.17. The van der Waals surface area contributed by atoms with Crippen molar-refractivity contribution in [3.8, 4) is 22.6 Å². The van der Waals surface area contributed by atoms with Gasteiger partial charge in [0.05, 0.1) is 12.8 Å². The van der Waals surface area contributed by atoms with Gasteiger partial charge in [0.15, 0.2) is 0 Å². The van der Waals surface area contributed by atoms with Crippen LogP contribution >= 0.6 is 0 Å². The van der Waals surface area contributed by atoms with E-state index in [1.165, 1.54) is 0 Å². The van der Waals surface area contributed by atoms with Gasteiger partial charge in [-0.25, -0.2) is 0 Å². The number of nitrogens with zero attached hydrogens (tertiary/aromatic N) is 2. The van der Waals surface area contributed by atoms with Crippen molar-refractivity contribution in [2.45, 2.75) is 13.8 Å². The Balaban J connectivity index is 1.55. The minimum atomic E-state index is 0.710. The van der Waals surface area contributed by atoms with Crippen LogP contribution in [0.1, 0.15) is 25.1 Å². The fourth-order valence-corrected chi connectivity index (χ4v) is 3.15. The van der Waals surface area contributed by atoms with Crippen LogP contribution < -0.4 is 9.47 Å². The van der Waals surface area contributed by atoms with Crippen molar-refractivity contribution in [1.29, 1.82) is 0 Å². The number of hydrogen-bond donors (Lipinski definition) is 0. The quantitative estimate of drug-likeness (QED) is 0.439. The van der Waals surface area contributed by atoms with Crippen molar-refractivity contribution in [3.05, 3.63) is 78.1 Å². The number of benzene rings is 2.